The summed E-state index contributed by atoms with van der Waals surface area (Å²) in [4.78, 5) is 18.3. The van der Waals surface area contributed by atoms with Gasteiger partial charge in [-0.3, -0.25) is 14.5 Å². The van der Waals surface area contributed by atoms with E-state index in [9.17, 15) is 30.8 Å². The smallest absolute Gasteiger partial charge is 0.291 e. The predicted molar refractivity (Wildman–Crippen MR) is 152 cm³/mol. The SMILES string of the molecule is CCn1cc(S(=O)(=O)N(C)[C@H]2CCC3=Cc4c(cnn4-c4ccc(F)cc4)C[C@]3(C(=O)c3ccc(C(F)(F)F)cn3)C2)cn1. The Morgan fingerprint density at radius 1 is 1.09 bits per heavy atom. The molecule has 0 unspecified atom stereocenters. The van der Waals surface area contributed by atoms with E-state index < -0.39 is 44.8 Å². The second-order valence-electron chi connectivity index (χ2n) is 11.1. The maximum absolute atomic E-state index is 14.3. The molecule has 0 saturated heterocycles. The first-order chi connectivity index (χ1) is 20.8. The van der Waals surface area contributed by atoms with Gasteiger partial charge in [-0.1, -0.05) is 5.57 Å². The molecule has 1 fully saturated rings. The fourth-order valence-electron chi connectivity index (χ4n) is 6.14. The Bertz CT molecular complexity index is 1860. The van der Waals surface area contributed by atoms with E-state index in [0.29, 0.717) is 48.1 Å². The monoisotopic (exact) mass is 628 g/mol. The number of hydrogen-bond donors (Lipinski definition) is 0. The average Bonchev–Trinajstić information content (AvgIpc) is 3.66. The molecule has 9 nitrogen and oxygen atoms in total. The van der Waals surface area contributed by atoms with Crippen LogP contribution in [0.5, 0.6) is 0 Å². The summed E-state index contributed by atoms with van der Waals surface area (Å²) in [7, 11) is -2.50. The minimum absolute atomic E-state index is 0.0273. The van der Waals surface area contributed by atoms with Crippen LogP contribution in [0.25, 0.3) is 11.8 Å². The van der Waals surface area contributed by atoms with Crippen LogP contribution in [0.3, 0.4) is 0 Å². The van der Waals surface area contributed by atoms with Gasteiger partial charge in [0.15, 0.2) is 5.78 Å². The summed E-state index contributed by atoms with van der Waals surface area (Å²) in [6.45, 7) is 2.32. The molecule has 4 aromatic rings. The van der Waals surface area contributed by atoms with Crippen molar-refractivity contribution >= 4 is 21.9 Å². The Balaban J connectivity index is 1.41. The summed E-state index contributed by atoms with van der Waals surface area (Å²) in [5.41, 5.74) is 0.302. The number of benzene rings is 1. The lowest BCUT2D eigenvalue weighted by atomic mass is 9.60. The number of aryl methyl sites for hydroxylation is 1. The highest BCUT2D eigenvalue weighted by atomic mass is 32.2. The van der Waals surface area contributed by atoms with E-state index >= 15 is 0 Å². The molecule has 0 bridgehead atoms. The number of carbonyl (C=O) groups is 1. The lowest BCUT2D eigenvalue weighted by Gasteiger charge is -2.45. The Kier molecular flexibility index (Phi) is 7.31. The topological polar surface area (TPSA) is 103 Å². The van der Waals surface area contributed by atoms with Gasteiger partial charge in [-0.25, -0.2) is 17.5 Å². The Morgan fingerprint density at radius 3 is 2.48 bits per heavy atom. The molecule has 44 heavy (non-hydrogen) atoms. The van der Waals surface area contributed by atoms with Gasteiger partial charge in [0.1, 0.15) is 16.4 Å². The molecule has 6 rings (SSSR count). The molecule has 3 heterocycles. The van der Waals surface area contributed by atoms with E-state index in [1.165, 1.54) is 40.6 Å². The number of ketones is 1. The van der Waals surface area contributed by atoms with Crippen LogP contribution in [0.2, 0.25) is 0 Å². The standard InChI is InChI=1S/C30H28F4N6O3S/c1-3-39-18-25(17-36-39)44(42,43)38(2)24-8-4-20-12-27-19(15-37-40(27)23-9-6-22(31)7-10-23)13-29(20,14-24)28(41)26-11-5-21(16-35-26)30(32,33)34/h5-7,9-12,15-18,24H,3-4,8,13-14H2,1-2H3/t24-,29-/m0/s1. The summed E-state index contributed by atoms with van der Waals surface area (Å²) in [5, 5.41) is 8.57. The van der Waals surface area contributed by atoms with Crippen molar-refractivity contribution in [3.8, 4) is 5.69 Å². The summed E-state index contributed by atoms with van der Waals surface area (Å²) in [6.07, 6.45) is 3.16. The Morgan fingerprint density at radius 2 is 1.84 bits per heavy atom. The number of rotatable bonds is 7. The highest BCUT2D eigenvalue weighted by molar-refractivity contribution is 7.89. The lowest BCUT2D eigenvalue weighted by molar-refractivity contribution is -0.137. The minimum atomic E-state index is -4.62. The molecule has 0 radical (unpaired) electrons. The second kappa shape index (κ2) is 10.8. The van der Waals surface area contributed by atoms with Crippen LogP contribution in [0.15, 0.2) is 71.7 Å². The zero-order valence-corrected chi connectivity index (χ0v) is 24.6. The van der Waals surface area contributed by atoms with Crippen molar-refractivity contribution < 1.29 is 30.8 Å². The maximum atomic E-state index is 14.3. The summed E-state index contributed by atoms with van der Waals surface area (Å²) in [5.74, 6) is -0.895. The highest BCUT2D eigenvalue weighted by Crippen LogP contribution is 2.51. The number of sulfonamides is 1. The average molecular weight is 629 g/mol. The molecule has 0 amide bonds. The molecule has 1 aromatic carbocycles. The molecule has 2 aliphatic rings. The molecule has 2 aliphatic carbocycles. The molecule has 2 atom stereocenters. The second-order valence-corrected chi connectivity index (χ2v) is 13.1. The summed E-state index contributed by atoms with van der Waals surface area (Å²) in [6, 6.07) is 7.08. The molecular formula is C30H28F4N6O3S. The Labute approximate surface area is 250 Å². The zero-order chi connectivity index (χ0) is 31.4. The quantitative estimate of drug-likeness (QED) is 0.203. The molecule has 0 N–H and O–H groups in total. The van der Waals surface area contributed by atoms with Gasteiger partial charge in [0, 0.05) is 32.0 Å². The molecule has 0 aliphatic heterocycles. The van der Waals surface area contributed by atoms with Gasteiger partial charge in [0.2, 0.25) is 10.0 Å². The first-order valence-corrected chi connectivity index (χ1v) is 15.4. The maximum Gasteiger partial charge on any atom is 0.417 e. The number of hydrogen-bond acceptors (Lipinski definition) is 6. The van der Waals surface area contributed by atoms with E-state index in [2.05, 4.69) is 15.2 Å². The van der Waals surface area contributed by atoms with E-state index in [1.807, 2.05) is 13.0 Å². The largest absolute Gasteiger partial charge is 0.417 e. The first kappa shape index (κ1) is 29.9. The Hall–Kier alpha value is -4.17. The first-order valence-electron chi connectivity index (χ1n) is 14.0. The number of pyridine rings is 1. The fraction of sp³-hybridized carbons (Fsp3) is 0.333. The van der Waals surface area contributed by atoms with Crippen LogP contribution >= 0.6 is 0 Å². The van der Waals surface area contributed by atoms with Crippen molar-refractivity contribution in [1.82, 2.24) is 28.9 Å². The van der Waals surface area contributed by atoms with Gasteiger partial charge in [-0.2, -0.15) is 27.7 Å². The van der Waals surface area contributed by atoms with Crippen molar-refractivity contribution in [2.75, 3.05) is 7.05 Å². The van der Waals surface area contributed by atoms with Crippen molar-refractivity contribution in [1.29, 1.82) is 0 Å². The zero-order valence-electron chi connectivity index (χ0n) is 23.8. The summed E-state index contributed by atoms with van der Waals surface area (Å²) < 4.78 is 85.0. The van der Waals surface area contributed by atoms with Crippen LogP contribution in [-0.2, 0) is 29.2 Å². The number of aromatic nitrogens is 5. The number of carbonyl (C=O) groups excluding carboxylic acids is 1. The van der Waals surface area contributed by atoms with Crippen molar-refractivity contribution in [2.24, 2.45) is 5.41 Å². The molecule has 230 valence electrons. The van der Waals surface area contributed by atoms with Crippen LogP contribution in [0, 0.1) is 11.2 Å². The third-order valence-electron chi connectivity index (χ3n) is 8.59. The van der Waals surface area contributed by atoms with Gasteiger partial charge in [-0.15, -0.1) is 0 Å². The normalized spacial score (nSPS) is 20.2. The number of halogens is 4. The third-order valence-corrected chi connectivity index (χ3v) is 10.5. The number of Topliss-reactive ketones (excluding diaryl/α,β-unsaturated/α-hetero) is 1. The predicted octanol–water partition coefficient (Wildman–Crippen LogP) is 5.32. The molecule has 3 aromatic heterocycles. The van der Waals surface area contributed by atoms with Crippen LogP contribution in [0.4, 0.5) is 17.6 Å². The molecule has 14 heteroatoms. The van der Waals surface area contributed by atoms with Gasteiger partial charge >= 0.3 is 6.18 Å². The van der Waals surface area contributed by atoms with Gasteiger partial charge in [0.25, 0.3) is 0 Å². The minimum Gasteiger partial charge on any atom is -0.291 e. The number of alkyl halides is 3. The van der Waals surface area contributed by atoms with E-state index in [0.717, 1.165) is 12.1 Å². The van der Waals surface area contributed by atoms with E-state index in [-0.39, 0.29) is 23.4 Å². The number of fused-ring (bicyclic) bond motifs is 2. The van der Waals surface area contributed by atoms with Crippen LogP contribution < -0.4 is 0 Å². The molecule has 1 saturated carbocycles. The van der Waals surface area contributed by atoms with E-state index in [1.54, 1.807) is 23.0 Å². The van der Waals surface area contributed by atoms with Crippen LogP contribution in [0.1, 0.15) is 53.5 Å². The highest BCUT2D eigenvalue weighted by Gasteiger charge is 2.51. The van der Waals surface area contributed by atoms with Crippen molar-refractivity contribution in [2.45, 2.75) is 56.3 Å². The van der Waals surface area contributed by atoms with E-state index in [4.69, 9.17) is 0 Å². The molecule has 0 spiro atoms. The van der Waals surface area contributed by atoms with Gasteiger partial charge in [0.05, 0.1) is 34.8 Å². The number of allylic oxidation sites excluding steroid dienone is 1. The fourth-order valence-corrected chi connectivity index (χ4v) is 7.48. The lowest BCUT2D eigenvalue weighted by Crippen LogP contribution is -2.49. The van der Waals surface area contributed by atoms with Crippen molar-refractivity contribution in [3.63, 3.8) is 0 Å². The summed E-state index contributed by atoms with van der Waals surface area (Å²) >= 11 is 0. The van der Waals surface area contributed by atoms with Gasteiger partial charge in [-0.05, 0) is 80.6 Å². The van der Waals surface area contributed by atoms with Crippen LogP contribution in [-0.4, -0.2) is 56.1 Å². The number of nitrogens with zero attached hydrogens (tertiary/aromatic N) is 6. The van der Waals surface area contributed by atoms with Gasteiger partial charge < -0.3 is 0 Å². The third kappa shape index (κ3) is 5.05. The molecular weight excluding hydrogens is 600 g/mol. The van der Waals surface area contributed by atoms with Crippen molar-refractivity contribution in [3.05, 3.63) is 95.1 Å².